The Hall–Kier alpha value is -2.13. The molecule has 0 aliphatic rings. The molecule has 138 valence electrons. The van der Waals surface area contributed by atoms with E-state index in [2.05, 4.69) is 32.9 Å². The monoisotopic (exact) mass is 492 g/mol. The predicted molar refractivity (Wildman–Crippen MR) is 116 cm³/mol. The number of esters is 1. The van der Waals surface area contributed by atoms with Gasteiger partial charge in [0.15, 0.2) is 6.61 Å². The SMILES string of the molecule is Cc1cc(SCC(=O)OCC(=O)Nc2ccc(I)cc2)nc2ccccc12. The van der Waals surface area contributed by atoms with Gasteiger partial charge in [-0.1, -0.05) is 30.0 Å². The first-order chi connectivity index (χ1) is 13.0. The van der Waals surface area contributed by atoms with Crippen molar-refractivity contribution in [3.8, 4) is 0 Å². The zero-order chi connectivity index (χ0) is 19.2. The highest BCUT2D eigenvalue weighted by molar-refractivity contribution is 14.1. The number of para-hydroxylation sites is 1. The molecule has 0 bridgehead atoms. The van der Waals surface area contributed by atoms with E-state index >= 15 is 0 Å². The Balaban J connectivity index is 1.48. The Morgan fingerprint density at radius 1 is 1.15 bits per heavy atom. The van der Waals surface area contributed by atoms with Crippen molar-refractivity contribution < 1.29 is 14.3 Å². The van der Waals surface area contributed by atoms with Crippen LogP contribution in [0.1, 0.15) is 5.56 Å². The summed E-state index contributed by atoms with van der Waals surface area (Å²) >= 11 is 3.48. The van der Waals surface area contributed by atoms with E-state index in [0.717, 1.165) is 25.1 Å². The number of aryl methyl sites for hydroxylation is 1. The smallest absolute Gasteiger partial charge is 0.316 e. The third-order valence-electron chi connectivity index (χ3n) is 3.73. The van der Waals surface area contributed by atoms with Crippen molar-refractivity contribution in [2.75, 3.05) is 17.7 Å². The van der Waals surface area contributed by atoms with E-state index in [1.165, 1.54) is 11.8 Å². The fourth-order valence-corrected chi connectivity index (χ4v) is 3.58. The lowest BCUT2D eigenvalue weighted by molar-refractivity contribution is -0.144. The standard InChI is InChI=1S/C20H17IN2O3S/c1-13-10-19(23-17-5-3-2-4-16(13)17)27-12-20(25)26-11-18(24)22-15-8-6-14(21)7-9-15/h2-10H,11-12H2,1H3,(H,22,24). The molecule has 1 N–H and O–H groups in total. The van der Waals surface area contributed by atoms with Crippen LogP contribution in [0.15, 0.2) is 59.6 Å². The summed E-state index contributed by atoms with van der Waals surface area (Å²) in [6.07, 6.45) is 0. The highest BCUT2D eigenvalue weighted by atomic mass is 127. The summed E-state index contributed by atoms with van der Waals surface area (Å²) in [6, 6.07) is 17.2. The van der Waals surface area contributed by atoms with E-state index in [9.17, 15) is 9.59 Å². The van der Waals surface area contributed by atoms with Crippen LogP contribution in [-0.4, -0.2) is 29.2 Å². The van der Waals surface area contributed by atoms with Crippen molar-refractivity contribution in [1.82, 2.24) is 4.98 Å². The number of aromatic nitrogens is 1. The minimum absolute atomic E-state index is 0.0988. The summed E-state index contributed by atoms with van der Waals surface area (Å²) in [5.74, 6) is -0.721. The first kappa shape index (κ1) is 19.6. The zero-order valence-electron chi connectivity index (χ0n) is 14.6. The third-order valence-corrected chi connectivity index (χ3v) is 5.33. The largest absolute Gasteiger partial charge is 0.455 e. The zero-order valence-corrected chi connectivity index (χ0v) is 17.5. The van der Waals surface area contributed by atoms with Crippen LogP contribution in [0.4, 0.5) is 5.69 Å². The van der Waals surface area contributed by atoms with Gasteiger partial charge < -0.3 is 10.1 Å². The van der Waals surface area contributed by atoms with Crippen molar-refractivity contribution in [3.05, 3.63) is 63.7 Å². The molecule has 1 heterocycles. The number of nitrogens with zero attached hydrogens (tertiary/aromatic N) is 1. The van der Waals surface area contributed by atoms with Crippen LogP contribution >= 0.6 is 34.4 Å². The number of amides is 1. The average molecular weight is 492 g/mol. The lowest BCUT2D eigenvalue weighted by atomic mass is 10.1. The number of rotatable bonds is 6. The summed E-state index contributed by atoms with van der Waals surface area (Å²) in [6.45, 7) is 1.71. The van der Waals surface area contributed by atoms with Gasteiger partial charge in [0.25, 0.3) is 5.91 Å². The second kappa shape index (κ2) is 9.18. The molecule has 0 aliphatic carbocycles. The quantitative estimate of drug-likeness (QED) is 0.314. The number of thioether (sulfide) groups is 1. The molecule has 3 rings (SSSR count). The summed E-state index contributed by atoms with van der Waals surface area (Å²) in [4.78, 5) is 28.3. The molecule has 1 amide bonds. The van der Waals surface area contributed by atoms with E-state index in [-0.39, 0.29) is 18.3 Å². The Kier molecular flexibility index (Phi) is 6.68. The fourth-order valence-electron chi connectivity index (χ4n) is 2.44. The molecule has 0 saturated heterocycles. The highest BCUT2D eigenvalue weighted by Gasteiger charge is 2.10. The molecule has 1 aromatic heterocycles. The maximum Gasteiger partial charge on any atom is 0.316 e. The number of pyridine rings is 1. The second-order valence-electron chi connectivity index (χ2n) is 5.80. The number of hydrogen-bond acceptors (Lipinski definition) is 5. The molecule has 7 heteroatoms. The van der Waals surface area contributed by atoms with Gasteiger partial charge in [0.1, 0.15) is 0 Å². The molecule has 0 aliphatic heterocycles. The Morgan fingerprint density at radius 3 is 2.67 bits per heavy atom. The van der Waals surface area contributed by atoms with Crippen LogP contribution in [0.3, 0.4) is 0 Å². The molecular weight excluding hydrogens is 475 g/mol. The van der Waals surface area contributed by atoms with Crippen LogP contribution in [0, 0.1) is 10.5 Å². The fraction of sp³-hybridized carbons (Fsp3) is 0.150. The molecule has 5 nitrogen and oxygen atoms in total. The molecule has 27 heavy (non-hydrogen) atoms. The van der Waals surface area contributed by atoms with E-state index < -0.39 is 5.97 Å². The van der Waals surface area contributed by atoms with Crippen molar-refractivity contribution >= 4 is 62.8 Å². The van der Waals surface area contributed by atoms with Gasteiger partial charge in [0.05, 0.1) is 16.3 Å². The van der Waals surface area contributed by atoms with E-state index in [1.807, 2.05) is 49.4 Å². The Labute approximate surface area is 175 Å². The van der Waals surface area contributed by atoms with Gasteiger partial charge in [-0.3, -0.25) is 9.59 Å². The van der Waals surface area contributed by atoms with Crippen LogP contribution in [-0.2, 0) is 14.3 Å². The van der Waals surface area contributed by atoms with Crippen molar-refractivity contribution in [1.29, 1.82) is 0 Å². The number of anilines is 1. The maximum absolute atomic E-state index is 11.9. The molecule has 2 aromatic carbocycles. The summed E-state index contributed by atoms with van der Waals surface area (Å²) in [7, 11) is 0. The molecule has 0 fully saturated rings. The molecule has 0 unspecified atom stereocenters. The Morgan fingerprint density at radius 2 is 1.89 bits per heavy atom. The molecule has 0 atom stereocenters. The van der Waals surface area contributed by atoms with Crippen LogP contribution in [0.25, 0.3) is 10.9 Å². The number of hydrogen-bond donors (Lipinski definition) is 1. The third kappa shape index (κ3) is 5.67. The molecule has 3 aromatic rings. The molecule has 0 spiro atoms. The summed E-state index contributed by atoms with van der Waals surface area (Å²) < 4.78 is 6.11. The van der Waals surface area contributed by atoms with Gasteiger partial charge in [-0.05, 0) is 71.5 Å². The van der Waals surface area contributed by atoms with Gasteiger partial charge in [-0.2, -0.15) is 0 Å². The van der Waals surface area contributed by atoms with Gasteiger partial charge in [0.2, 0.25) is 0 Å². The van der Waals surface area contributed by atoms with Gasteiger partial charge in [0, 0.05) is 14.6 Å². The van der Waals surface area contributed by atoms with Crippen LogP contribution < -0.4 is 5.32 Å². The van der Waals surface area contributed by atoms with Crippen LogP contribution in [0.5, 0.6) is 0 Å². The number of nitrogens with one attached hydrogen (secondary N) is 1. The molecule has 0 saturated carbocycles. The highest BCUT2D eigenvalue weighted by Crippen LogP contribution is 2.23. The maximum atomic E-state index is 11.9. The van der Waals surface area contributed by atoms with Gasteiger partial charge in [-0.15, -0.1) is 0 Å². The summed E-state index contributed by atoms with van der Waals surface area (Å²) in [5.41, 5.74) is 2.67. The number of carbonyl (C=O) groups excluding carboxylic acids is 2. The normalized spacial score (nSPS) is 10.6. The number of ether oxygens (including phenoxy) is 1. The number of fused-ring (bicyclic) bond motifs is 1. The van der Waals surface area contributed by atoms with Gasteiger partial charge >= 0.3 is 5.97 Å². The number of benzene rings is 2. The first-order valence-electron chi connectivity index (χ1n) is 8.21. The van der Waals surface area contributed by atoms with Crippen LogP contribution in [0.2, 0.25) is 0 Å². The molecular formula is C20H17IN2O3S. The Bertz CT molecular complexity index is 977. The summed E-state index contributed by atoms with van der Waals surface area (Å²) in [5, 5.41) is 4.54. The number of carbonyl (C=O) groups is 2. The topological polar surface area (TPSA) is 68.3 Å². The minimum Gasteiger partial charge on any atom is -0.455 e. The van der Waals surface area contributed by atoms with E-state index in [4.69, 9.17) is 4.74 Å². The minimum atomic E-state index is -0.453. The van der Waals surface area contributed by atoms with Gasteiger partial charge in [-0.25, -0.2) is 4.98 Å². The lowest BCUT2D eigenvalue weighted by Gasteiger charge is -2.08. The van der Waals surface area contributed by atoms with E-state index in [1.54, 1.807) is 12.1 Å². The first-order valence-corrected chi connectivity index (χ1v) is 10.3. The number of halogens is 1. The van der Waals surface area contributed by atoms with Crippen molar-refractivity contribution in [2.45, 2.75) is 11.9 Å². The second-order valence-corrected chi connectivity index (χ2v) is 8.04. The lowest BCUT2D eigenvalue weighted by Crippen LogP contribution is -2.21. The predicted octanol–water partition coefficient (Wildman–Crippen LogP) is 4.42. The van der Waals surface area contributed by atoms with E-state index in [0.29, 0.717) is 5.69 Å². The van der Waals surface area contributed by atoms with Crippen molar-refractivity contribution in [3.63, 3.8) is 0 Å². The average Bonchev–Trinajstić information content (AvgIpc) is 2.66. The van der Waals surface area contributed by atoms with Crippen molar-refractivity contribution in [2.24, 2.45) is 0 Å². The molecule has 0 radical (unpaired) electrons.